The smallest absolute Gasteiger partial charge is 0.162 e. The molecule has 0 aliphatic carbocycles. The fraction of sp³-hybridized carbons (Fsp3) is 0.227. The van der Waals surface area contributed by atoms with Gasteiger partial charge in [0.2, 0.25) is 0 Å². The van der Waals surface area contributed by atoms with Gasteiger partial charge in [-0.1, -0.05) is 18.2 Å². The SMILES string of the molecule is COc1cc2ncnc(N3CCc4cn(-c5ccccc5)nc4C3)c2cc1OC. The first kappa shape index (κ1) is 17.5. The molecule has 7 nitrogen and oxygen atoms in total. The van der Waals surface area contributed by atoms with E-state index in [9.17, 15) is 0 Å². The average molecular weight is 387 g/mol. The maximum absolute atomic E-state index is 5.48. The third-order valence-electron chi connectivity index (χ3n) is 5.31. The number of methoxy groups -OCH3 is 2. The van der Waals surface area contributed by atoms with Crippen LogP contribution in [0.25, 0.3) is 16.6 Å². The zero-order valence-corrected chi connectivity index (χ0v) is 16.4. The van der Waals surface area contributed by atoms with E-state index in [1.54, 1.807) is 20.5 Å². The Labute approximate surface area is 168 Å². The molecule has 0 bridgehead atoms. The Morgan fingerprint density at radius 3 is 2.55 bits per heavy atom. The number of anilines is 1. The monoisotopic (exact) mass is 387 g/mol. The summed E-state index contributed by atoms with van der Waals surface area (Å²) in [5, 5.41) is 5.77. The number of ether oxygens (including phenoxy) is 2. The highest BCUT2D eigenvalue weighted by Crippen LogP contribution is 2.35. The lowest BCUT2D eigenvalue weighted by molar-refractivity contribution is 0.356. The second-order valence-electron chi connectivity index (χ2n) is 6.97. The zero-order valence-electron chi connectivity index (χ0n) is 16.4. The van der Waals surface area contributed by atoms with Gasteiger partial charge in [-0.15, -0.1) is 0 Å². The molecule has 29 heavy (non-hydrogen) atoms. The van der Waals surface area contributed by atoms with Crippen molar-refractivity contribution in [3.63, 3.8) is 0 Å². The highest BCUT2D eigenvalue weighted by atomic mass is 16.5. The molecule has 5 rings (SSSR count). The van der Waals surface area contributed by atoms with Crippen LogP contribution in [-0.2, 0) is 13.0 Å². The van der Waals surface area contributed by atoms with Crippen molar-refractivity contribution in [2.45, 2.75) is 13.0 Å². The summed E-state index contributed by atoms with van der Waals surface area (Å²) in [6.07, 6.45) is 4.65. The minimum Gasteiger partial charge on any atom is -0.493 e. The van der Waals surface area contributed by atoms with Crippen molar-refractivity contribution in [1.82, 2.24) is 19.7 Å². The van der Waals surface area contributed by atoms with Crippen LogP contribution >= 0.6 is 0 Å². The number of nitrogens with zero attached hydrogens (tertiary/aromatic N) is 5. The second kappa shape index (κ2) is 7.09. The first-order valence-electron chi connectivity index (χ1n) is 9.51. The van der Waals surface area contributed by atoms with Gasteiger partial charge < -0.3 is 14.4 Å². The Kier molecular flexibility index (Phi) is 4.27. The van der Waals surface area contributed by atoms with Gasteiger partial charge in [-0.3, -0.25) is 0 Å². The van der Waals surface area contributed by atoms with Crippen LogP contribution in [0.4, 0.5) is 5.82 Å². The topological polar surface area (TPSA) is 65.3 Å². The summed E-state index contributed by atoms with van der Waals surface area (Å²) >= 11 is 0. The van der Waals surface area contributed by atoms with Gasteiger partial charge in [-0.25, -0.2) is 14.6 Å². The van der Waals surface area contributed by atoms with Gasteiger partial charge >= 0.3 is 0 Å². The van der Waals surface area contributed by atoms with E-state index in [1.165, 1.54) is 5.56 Å². The Bertz CT molecular complexity index is 1170. The standard InChI is InChI=1S/C22H21N5O2/c1-28-20-10-17-18(11-21(20)29-2)23-14-24-22(17)26-9-8-15-12-27(25-19(15)13-26)16-6-4-3-5-7-16/h3-7,10-12,14H,8-9,13H2,1-2H3. The minimum absolute atomic E-state index is 0.659. The van der Waals surface area contributed by atoms with E-state index < -0.39 is 0 Å². The van der Waals surface area contributed by atoms with Crippen molar-refractivity contribution in [2.75, 3.05) is 25.7 Å². The lowest BCUT2D eigenvalue weighted by Gasteiger charge is -2.28. The first-order chi connectivity index (χ1) is 14.3. The lowest BCUT2D eigenvalue weighted by Crippen LogP contribution is -2.31. The molecular formula is C22H21N5O2. The van der Waals surface area contributed by atoms with Crippen LogP contribution in [0, 0.1) is 0 Å². The van der Waals surface area contributed by atoms with Gasteiger partial charge in [-0.05, 0) is 30.2 Å². The lowest BCUT2D eigenvalue weighted by atomic mass is 10.1. The summed E-state index contributed by atoms with van der Waals surface area (Å²) in [6.45, 7) is 1.57. The fourth-order valence-corrected chi connectivity index (χ4v) is 3.82. The molecule has 0 spiro atoms. The van der Waals surface area contributed by atoms with Gasteiger partial charge in [0.15, 0.2) is 11.5 Å². The fourth-order valence-electron chi connectivity index (χ4n) is 3.82. The van der Waals surface area contributed by atoms with Crippen molar-refractivity contribution >= 4 is 16.7 Å². The van der Waals surface area contributed by atoms with Crippen LogP contribution in [0.1, 0.15) is 11.3 Å². The first-order valence-corrected chi connectivity index (χ1v) is 9.51. The molecule has 1 aliphatic heterocycles. The van der Waals surface area contributed by atoms with Crippen molar-refractivity contribution in [1.29, 1.82) is 0 Å². The molecule has 7 heteroatoms. The summed E-state index contributed by atoms with van der Waals surface area (Å²) in [7, 11) is 3.26. The molecular weight excluding hydrogens is 366 g/mol. The summed E-state index contributed by atoms with van der Waals surface area (Å²) < 4.78 is 12.8. The number of fused-ring (bicyclic) bond motifs is 2. The second-order valence-corrected chi connectivity index (χ2v) is 6.97. The van der Waals surface area contributed by atoms with Crippen molar-refractivity contribution in [3.05, 3.63) is 66.2 Å². The van der Waals surface area contributed by atoms with Crippen molar-refractivity contribution in [2.24, 2.45) is 0 Å². The molecule has 0 unspecified atom stereocenters. The Morgan fingerprint density at radius 1 is 0.966 bits per heavy atom. The van der Waals surface area contributed by atoms with Crippen LogP contribution in [0.3, 0.4) is 0 Å². The van der Waals surface area contributed by atoms with Gasteiger partial charge in [0.25, 0.3) is 0 Å². The minimum atomic E-state index is 0.659. The van der Waals surface area contributed by atoms with Crippen molar-refractivity contribution in [3.8, 4) is 17.2 Å². The molecule has 0 saturated heterocycles. The molecule has 0 radical (unpaired) electrons. The molecule has 0 saturated carbocycles. The van der Waals surface area contributed by atoms with E-state index in [-0.39, 0.29) is 0 Å². The molecule has 0 amide bonds. The van der Waals surface area contributed by atoms with Crippen LogP contribution in [0.5, 0.6) is 11.5 Å². The van der Waals surface area contributed by atoms with Crippen molar-refractivity contribution < 1.29 is 9.47 Å². The molecule has 0 fully saturated rings. The van der Waals surface area contributed by atoms with E-state index in [4.69, 9.17) is 14.6 Å². The van der Waals surface area contributed by atoms with E-state index in [2.05, 4.69) is 33.2 Å². The zero-order chi connectivity index (χ0) is 19.8. The Balaban J connectivity index is 1.52. The van der Waals surface area contributed by atoms with E-state index in [0.717, 1.165) is 41.1 Å². The number of benzene rings is 2. The average Bonchev–Trinajstić information content (AvgIpc) is 3.21. The predicted molar refractivity (Wildman–Crippen MR) is 111 cm³/mol. The Morgan fingerprint density at radius 2 is 1.76 bits per heavy atom. The number of hydrogen-bond donors (Lipinski definition) is 0. The van der Waals surface area contributed by atoms with Crippen LogP contribution in [0.15, 0.2) is 55.0 Å². The highest BCUT2D eigenvalue weighted by Gasteiger charge is 2.23. The molecule has 2 aromatic carbocycles. The molecule has 0 N–H and O–H groups in total. The number of rotatable bonds is 4. The molecule has 146 valence electrons. The van der Waals surface area contributed by atoms with Crippen LogP contribution in [-0.4, -0.2) is 40.5 Å². The quantitative estimate of drug-likeness (QED) is 0.535. The highest BCUT2D eigenvalue weighted by molar-refractivity contribution is 5.92. The largest absolute Gasteiger partial charge is 0.493 e. The molecule has 1 aliphatic rings. The van der Waals surface area contributed by atoms with Gasteiger partial charge in [0.1, 0.15) is 12.1 Å². The summed E-state index contributed by atoms with van der Waals surface area (Å²) in [5.41, 5.74) is 4.25. The van der Waals surface area contributed by atoms with E-state index >= 15 is 0 Å². The van der Waals surface area contributed by atoms with E-state index in [0.29, 0.717) is 18.0 Å². The van der Waals surface area contributed by atoms with Gasteiger partial charge in [-0.2, -0.15) is 5.10 Å². The summed E-state index contributed by atoms with van der Waals surface area (Å²) in [5.74, 6) is 2.21. The van der Waals surface area contributed by atoms with Gasteiger partial charge in [0, 0.05) is 24.2 Å². The van der Waals surface area contributed by atoms with Crippen LogP contribution < -0.4 is 14.4 Å². The summed E-state index contributed by atoms with van der Waals surface area (Å²) in [4.78, 5) is 11.2. The maximum Gasteiger partial charge on any atom is 0.162 e. The molecule has 2 aromatic heterocycles. The number of hydrogen-bond acceptors (Lipinski definition) is 6. The number of para-hydroxylation sites is 1. The number of aromatic nitrogens is 4. The summed E-state index contributed by atoms with van der Waals surface area (Å²) in [6, 6.07) is 14.0. The third-order valence-corrected chi connectivity index (χ3v) is 5.31. The van der Waals surface area contributed by atoms with E-state index in [1.807, 2.05) is 35.0 Å². The molecule has 3 heterocycles. The third kappa shape index (κ3) is 3.04. The normalized spacial score (nSPS) is 13.4. The van der Waals surface area contributed by atoms with Gasteiger partial charge in [0.05, 0.1) is 37.7 Å². The van der Waals surface area contributed by atoms with Crippen LogP contribution in [0.2, 0.25) is 0 Å². The predicted octanol–water partition coefficient (Wildman–Crippen LogP) is 3.40. The molecule has 0 atom stereocenters. The maximum atomic E-state index is 5.48. The Hall–Kier alpha value is -3.61. The molecule has 4 aromatic rings.